The number of hydrogen-bond acceptors (Lipinski definition) is 8. The lowest BCUT2D eigenvalue weighted by Gasteiger charge is -2.42. The number of aromatic hydroxyl groups is 1. The number of phenolic OH excluding ortho intramolecular Hbond substituents is 1. The second-order valence-corrected chi connectivity index (χ2v) is 12.6. The molecule has 0 spiro atoms. The number of pyridine rings is 1. The molecule has 9 nitrogen and oxygen atoms in total. The molecule has 13 heteroatoms. The molecule has 0 unspecified atom stereocenters. The highest BCUT2D eigenvalue weighted by molar-refractivity contribution is 7.92. The highest BCUT2D eigenvalue weighted by Gasteiger charge is 2.45. The number of carbonyl (C=O) groups excluding carboxylic acids is 1. The molecule has 3 aromatic rings. The van der Waals surface area contributed by atoms with E-state index in [9.17, 15) is 36.6 Å². The normalized spacial score (nSPS) is 17.5. The third-order valence-corrected chi connectivity index (χ3v) is 8.82. The summed E-state index contributed by atoms with van der Waals surface area (Å²) in [6, 6.07) is 14.2. The second-order valence-electron chi connectivity index (χ2n) is 10.9. The van der Waals surface area contributed by atoms with Gasteiger partial charge in [0, 0.05) is 24.8 Å². The van der Waals surface area contributed by atoms with Crippen molar-refractivity contribution < 1.29 is 41.3 Å². The number of phenols is 1. The maximum absolute atomic E-state index is 13.6. The first-order valence-electron chi connectivity index (χ1n) is 14.0. The summed E-state index contributed by atoms with van der Waals surface area (Å²) in [6.45, 7) is 5.98. The van der Waals surface area contributed by atoms with Crippen LogP contribution in [0.15, 0.2) is 83.3 Å². The van der Waals surface area contributed by atoms with E-state index < -0.39 is 38.4 Å². The third-order valence-electron chi connectivity index (χ3n) is 7.52. The number of anilines is 2. The van der Waals surface area contributed by atoms with Crippen LogP contribution in [0.4, 0.5) is 24.5 Å². The Morgan fingerprint density at radius 3 is 2.36 bits per heavy atom. The van der Waals surface area contributed by atoms with Gasteiger partial charge in [0.25, 0.3) is 10.0 Å². The van der Waals surface area contributed by atoms with Crippen LogP contribution < -0.4 is 9.62 Å². The minimum absolute atomic E-state index is 0.0582. The number of halogens is 3. The Morgan fingerprint density at radius 1 is 1.09 bits per heavy atom. The van der Waals surface area contributed by atoms with Crippen LogP contribution in [-0.4, -0.2) is 41.7 Å². The Bertz CT molecular complexity index is 1620. The average Bonchev–Trinajstić information content (AvgIpc) is 2.95. The molecule has 1 aromatic heterocycles. The van der Waals surface area contributed by atoms with Crippen molar-refractivity contribution in [3.05, 3.63) is 89.4 Å². The van der Waals surface area contributed by atoms with E-state index in [0.29, 0.717) is 37.2 Å². The molecule has 0 saturated carbocycles. The molecule has 4 rings (SSSR count). The molecule has 0 saturated heterocycles. The van der Waals surface area contributed by atoms with Crippen LogP contribution in [0.5, 0.6) is 5.75 Å². The monoisotopic (exact) mass is 633 g/mol. The fourth-order valence-corrected chi connectivity index (χ4v) is 6.01. The summed E-state index contributed by atoms with van der Waals surface area (Å²) >= 11 is 0. The average molecular weight is 634 g/mol. The summed E-state index contributed by atoms with van der Waals surface area (Å²) in [5.74, 6) is -0.871. The number of rotatable bonds is 11. The molecule has 1 atom stereocenters. The lowest BCUT2D eigenvalue weighted by atomic mass is 9.79. The van der Waals surface area contributed by atoms with Gasteiger partial charge in [-0.25, -0.2) is 9.78 Å². The Kier molecular flexibility index (Phi) is 9.47. The second kappa shape index (κ2) is 12.8. The number of carbonyl (C=O) groups is 1. The first kappa shape index (κ1) is 32.6. The molecule has 1 aliphatic heterocycles. The zero-order valence-electron chi connectivity index (χ0n) is 24.4. The van der Waals surface area contributed by atoms with Crippen molar-refractivity contribution in [2.24, 2.45) is 5.92 Å². The molecule has 2 aromatic carbocycles. The molecule has 0 radical (unpaired) electrons. The first-order chi connectivity index (χ1) is 20.6. The van der Waals surface area contributed by atoms with Gasteiger partial charge in [0.1, 0.15) is 17.1 Å². The van der Waals surface area contributed by atoms with Crippen molar-refractivity contribution in [1.29, 1.82) is 0 Å². The van der Waals surface area contributed by atoms with E-state index >= 15 is 0 Å². The largest absolute Gasteiger partial charge is 0.510 e. The standard InChI is InChI=1S/C31H34F3N3O6S/c1-4-16-37(24-7-5-6-23(17-24)36-44(41,42)27-13-10-22(19-35-27)31(32,33)34)28-26(39)18-30(20(2)3,43-29(28)40)15-14-21-8-11-25(38)12-9-21/h5-13,17,19-20,36,38-39H,4,14-16,18H2,1-3H3/t30-/m0/s1. The van der Waals surface area contributed by atoms with Crippen molar-refractivity contribution in [2.75, 3.05) is 16.2 Å². The molecule has 44 heavy (non-hydrogen) atoms. The fraction of sp³-hybridized carbons (Fsp3) is 0.355. The lowest BCUT2D eigenvalue weighted by Crippen LogP contribution is -2.47. The quantitative estimate of drug-likeness (QED) is 0.202. The number of hydrogen-bond donors (Lipinski definition) is 3. The number of aliphatic hydroxyl groups is 1. The summed E-state index contributed by atoms with van der Waals surface area (Å²) in [7, 11) is -4.35. The predicted octanol–water partition coefficient (Wildman–Crippen LogP) is 6.57. The number of ether oxygens (including phenoxy) is 1. The number of aryl methyl sites for hydroxylation is 1. The van der Waals surface area contributed by atoms with Gasteiger partial charge in [-0.05, 0) is 73.2 Å². The van der Waals surface area contributed by atoms with Crippen LogP contribution in [0, 0.1) is 5.92 Å². The highest BCUT2D eigenvalue weighted by Crippen LogP contribution is 2.41. The van der Waals surface area contributed by atoms with Gasteiger partial charge in [0.05, 0.1) is 11.3 Å². The summed E-state index contributed by atoms with van der Waals surface area (Å²) in [4.78, 5) is 18.6. The van der Waals surface area contributed by atoms with Gasteiger partial charge in [-0.1, -0.05) is 39.0 Å². The Labute approximate surface area is 254 Å². The van der Waals surface area contributed by atoms with Crippen molar-refractivity contribution in [3.63, 3.8) is 0 Å². The minimum atomic E-state index is -4.66. The Hall–Kier alpha value is -4.26. The summed E-state index contributed by atoms with van der Waals surface area (Å²) < 4.78 is 72.8. The number of nitrogens with one attached hydrogen (secondary N) is 1. The minimum Gasteiger partial charge on any atom is -0.510 e. The predicted molar refractivity (Wildman–Crippen MR) is 158 cm³/mol. The molecule has 0 aliphatic carbocycles. The van der Waals surface area contributed by atoms with Gasteiger partial charge in [0.15, 0.2) is 10.7 Å². The number of alkyl halides is 3. The zero-order chi connectivity index (χ0) is 32.3. The number of benzene rings is 2. The van der Waals surface area contributed by atoms with Crippen molar-refractivity contribution in [3.8, 4) is 5.75 Å². The van der Waals surface area contributed by atoms with Crippen LogP contribution in [-0.2, 0) is 32.2 Å². The van der Waals surface area contributed by atoms with E-state index in [0.717, 1.165) is 11.6 Å². The van der Waals surface area contributed by atoms with Gasteiger partial charge >= 0.3 is 12.1 Å². The number of sulfonamides is 1. The van der Waals surface area contributed by atoms with Gasteiger partial charge in [-0.15, -0.1) is 0 Å². The maximum Gasteiger partial charge on any atom is 0.417 e. The smallest absolute Gasteiger partial charge is 0.417 e. The molecule has 236 valence electrons. The van der Waals surface area contributed by atoms with E-state index in [1.165, 1.54) is 18.2 Å². The van der Waals surface area contributed by atoms with Crippen LogP contribution in [0.3, 0.4) is 0 Å². The zero-order valence-corrected chi connectivity index (χ0v) is 25.2. The lowest BCUT2D eigenvalue weighted by molar-refractivity contribution is -0.166. The van der Waals surface area contributed by atoms with Gasteiger partial charge in [-0.3, -0.25) is 4.72 Å². The van der Waals surface area contributed by atoms with Gasteiger partial charge in [-0.2, -0.15) is 21.6 Å². The van der Waals surface area contributed by atoms with Crippen LogP contribution >= 0.6 is 0 Å². The summed E-state index contributed by atoms with van der Waals surface area (Å²) in [5.41, 5.74) is -0.731. The molecule has 0 fully saturated rings. The fourth-order valence-electron chi connectivity index (χ4n) is 5.03. The van der Waals surface area contributed by atoms with E-state index in [-0.39, 0.29) is 41.8 Å². The van der Waals surface area contributed by atoms with Gasteiger partial charge < -0.3 is 19.8 Å². The molecular formula is C31H34F3N3O6S. The van der Waals surface area contributed by atoms with Crippen LogP contribution in [0.1, 0.15) is 51.2 Å². The number of cyclic esters (lactones) is 1. The number of nitrogens with zero attached hydrogens (tertiary/aromatic N) is 2. The molecule has 2 heterocycles. The Morgan fingerprint density at radius 2 is 1.80 bits per heavy atom. The third kappa shape index (κ3) is 7.26. The highest BCUT2D eigenvalue weighted by atomic mass is 32.2. The van der Waals surface area contributed by atoms with E-state index in [2.05, 4.69) is 9.71 Å². The molecule has 3 N–H and O–H groups in total. The number of aromatic nitrogens is 1. The SMILES string of the molecule is CCCN(C1=C(O)C[C@@](CCc2ccc(O)cc2)(C(C)C)OC1=O)c1cccc(NS(=O)(=O)c2ccc(C(F)(F)F)cn2)c1. The summed E-state index contributed by atoms with van der Waals surface area (Å²) in [5, 5.41) is 20.3. The van der Waals surface area contributed by atoms with Gasteiger partial charge in [0.2, 0.25) is 0 Å². The van der Waals surface area contributed by atoms with Crippen LogP contribution in [0.25, 0.3) is 0 Å². The van der Waals surface area contributed by atoms with E-state index in [1.807, 2.05) is 20.8 Å². The number of aliphatic hydroxyl groups excluding tert-OH is 1. The molecule has 1 aliphatic rings. The van der Waals surface area contributed by atoms with E-state index in [1.54, 1.807) is 35.2 Å². The number of esters is 1. The first-order valence-corrected chi connectivity index (χ1v) is 15.5. The van der Waals surface area contributed by atoms with E-state index in [4.69, 9.17) is 4.74 Å². The van der Waals surface area contributed by atoms with Crippen LogP contribution in [0.2, 0.25) is 0 Å². The molecule has 0 bridgehead atoms. The molecular weight excluding hydrogens is 599 g/mol. The topological polar surface area (TPSA) is 129 Å². The Balaban J connectivity index is 1.60. The van der Waals surface area contributed by atoms with Crippen molar-refractivity contribution in [2.45, 2.75) is 63.3 Å². The molecule has 0 amide bonds. The van der Waals surface area contributed by atoms with Crippen molar-refractivity contribution >= 4 is 27.4 Å². The van der Waals surface area contributed by atoms with Crippen molar-refractivity contribution in [1.82, 2.24) is 4.98 Å². The maximum atomic E-state index is 13.6. The summed E-state index contributed by atoms with van der Waals surface area (Å²) in [6.07, 6.45) is -2.62.